The minimum atomic E-state index is -0.905. The molecule has 1 heterocycles. The summed E-state index contributed by atoms with van der Waals surface area (Å²) in [4.78, 5) is 49.3. The molecule has 0 aliphatic carbocycles. The molecule has 0 saturated carbocycles. The Morgan fingerprint density at radius 3 is 1.96 bits per heavy atom. The summed E-state index contributed by atoms with van der Waals surface area (Å²) in [6, 6.07) is 0. The van der Waals surface area contributed by atoms with Crippen molar-refractivity contribution in [3.8, 4) is 0 Å². The lowest BCUT2D eigenvalue weighted by molar-refractivity contribution is -0.154. The molecule has 1 atom stereocenters. The summed E-state index contributed by atoms with van der Waals surface area (Å²) < 4.78 is 6.31. The first kappa shape index (κ1) is 22.6. The number of ether oxygens (including phenoxy) is 1. The molecule has 0 spiro atoms. The maximum atomic E-state index is 12.8. The van der Waals surface area contributed by atoms with Gasteiger partial charge in [0.25, 0.3) is 16.4 Å². The molecule has 1 aromatic rings. The molecule has 1 unspecified atom stereocenters. The van der Waals surface area contributed by atoms with Gasteiger partial charge < -0.3 is 9.64 Å². The molecule has 1 aromatic carbocycles. The second kappa shape index (κ2) is 9.18. The number of rotatable bonds is 4. The molecule has 1 aliphatic rings. The predicted octanol–water partition coefficient (Wildman–Crippen LogP) is 4.32. The lowest BCUT2D eigenvalue weighted by atomic mass is 10.0. The van der Waals surface area contributed by atoms with Crippen molar-refractivity contribution in [2.24, 2.45) is 0 Å². The zero-order chi connectivity index (χ0) is 19.8. The highest BCUT2D eigenvalue weighted by atomic mass is 127. The van der Waals surface area contributed by atoms with Crippen LogP contribution in [0, 0.1) is 10.7 Å². The third-order valence-electron chi connectivity index (χ3n) is 3.65. The Morgan fingerprint density at radius 1 is 1.04 bits per heavy atom. The van der Waals surface area contributed by atoms with Crippen molar-refractivity contribution in [1.82, 2.24) is 0 Å². The van der Waals surface area contributed by atoms with Crippen LogP contribution in [-0.2, 0) is 14.3 Å². The van der Waals surface area contributed by atoms with Gasteiger partial charge in [0.15, 0.2) is 6.10 Å². The van der Waals surface area contributed by atoms with Gasteiger partial charge in [0.05, 0.1) is 24.0 Å². The van der Waals surface area contributed by atoms with Gasteiger partial charge >= 0.3 is 5.97 Å². The Balaban J connectivity index is 2.68. The third kappa shape index (κ3) is 4.46. The molecule has 1 aliphatic heterocycles. The van der Waals surface area contributed by atoms with Gasteiger partial charge in [-0.25, -0.2) is 0 Å². The second-order valence-corrected chi connectivity index (χ2v) is 9.24. The summed E-state index contributed by atoms with van der Waals surface area (Å²) in [6.45, 7) is 1.59. The van der Waals surface area contributed by atoms with Crippen molar-refractivity contribution in [3.05, 3.63) is 21.8 Å². The number of hydrogen-bond acceptors (Lipinski definition) is 5. The largest absolute Gasteiger partial charge is 0.452 e. The van der Waals surface area contributed by atoms with Crippen LogP contribution in [0.5, 0.6) is 0 Å². The lowest BCUT2D eigenvalue weighted by Crippen LogP contribution is -2.47. The normalized spacial score (nSPS) is 17.2. The fourth-order valence-corrected chi connectivity index (χ4v) is 8.35. The Bertz CT molecular complexity index is 789. The summed E-state index contributed by atoms with van der Waals surface area (Å²) in [6.07, 6.45) is 0.1000. The molecule has 11 heteroatoms. The van der Waals surface area contributed by atoms with Crippen LogP contribution in [0.1, 0.15) is 40.5 Å². The van der Waals surface area contributed by atoms with E-state index in [2.05, 4.69) is 0 Å². The molecular formula is C15H10Cl2I3NO5. The van der Waals surface area contributed by atoms with Gasteiger partial charge in [-0.1, -0.05) is 0 Å². The molecule has 0 aromatic heterocycles. The van der Waals surface area contributed by atoms with E-state index in [1.54, 1.807) is 0 Å². The Labute approximate surface area is 200 Å². The molecule has 140 valence electrons. The molecule has 26 heavy (non-hydrogen) atoms. The Hall–Kier alpha value is 0.270. The number of halogens is 5. The Kier molecular flexibility index (Phi) is 7.96. The molecule has 1 saturated heterocycles. The molecule has 0 N–H and O–H groups in total. The van der Waals surface area contributed by atoms with Crippen molar-refractivity contribution in [3.63, 3.8) is 0 Å². The summed E-state index contributed by atoms with van der Waals surface area (Å²) >= 11 is 17.1. The van der Waals surface area contributed by atoms with Gasteiger partial charge in [-0.3, -0.25) is 19.2 Å². The van der Waals surface area contributed by atoms with Crippen LogP contribution < -0.4 is 4.90 Å². The van der Waals surface area contributed by atoms with Crippen LogP contribution in [0.4, 0.5) is 5.69 Å². The van der Waals surface area contributed by atoms with Crippen LogP contribution in [0.2, 0.25) is 0 Å². The lowest BCUT2D eigenvalue weighted by Gasteiger charge is -2.33. The molecule has 0 radical (unpaired) electrons. The maximum absolute atomic E-state index is 12.8. The van der Waals surface area contributed by atoms with E-state index in [1.807, 2.05) is 67.8 Å². The number of amides is 1. The van der Waals surface area contributed by atoms with Crippen molar-refractivity contribution in [2.45, 2.75) is 25.9 Å². The quantitative estimate of drug-likeness (QED) is 0.262. The van der Waals surface area contributed by atoms with Gasteiger partial charge in [-0.15, -0.1) is 0 Å². The molecule has 2 rings (SSSR count). The fraction of sp³-hybridized carbons (Fsp3) is 0.333. The third-order valence-corrected chi connectivity index (χ3v) is 7.21. The predicted molar refractivity (Wildman–Crippen MR) is 122 cm³/mol. The summed E-state index contributed by atoms with van der Waals surface area (Å²) in [5.41, 5.74) is 0.617. The van der Waals surface area contributed by atoms with Gasteiger partial charge in [0, 0.05) is 17.0 Å². The average molecular weight is 736 g/mol. The van der Waals surface area contributed by atoms with E-state index >= 15 is 0 Å². The van der Waals surface area contributed by atoms with Gasteiger partial charge in [0.2, 0.25) is 0 Å². The van der Waals surface area contributed by atoms with E-state index in [9.17, 15) is 19.2 Å². The monoisotopic (exact) mass is 735 g/mol. The first-order valence-electron chi connectivity index (χ1n) is 7.16. The summed E-state index contributed by atoms with van der Waals surface area (Å²) in [7, 11) is 0. The zero-order valence-electron chi connectivity index (χ0n) is 13.1. The number of piperidine rings is 1. The highest BCUT2D eigenvalue weighted by Crippen LogP contribution is 2.40. The molecule has 1 amide bonds. The minimum absolute atomic E-state index is 0.120. The van der Waals surface area contributed by atoms with Crippen molar-refractivity contribution in [2.75, 3.05) is 11.4 Å². The summed E-state index contributed by atoms with van der Waals surface area (Å²) in [5, 5.41) is -1.51. The Morgan fingerprint density at radius 2 is 1.54 bits per heavy atom. The number of carbonyl (C=O) groups is 4. The van der Waals surface area contributed by atoms with Gasteiger partial charge in [0.1, 0.15) is 0 Å². The number of esters is 1. The second-order valence-electron chi connectivity index (χ2n) is 5.32. The van der Waals surface area contributed by atoms with Crippen LogP contribution in [0.15, 0.2) is 0 Å². The van der Waals surface area contributed by atoms with Crippen LogP contribution in [0.25, 0.3) is 0 Å². The van der Waals surface area contributed by atoms with Crippen molar-refractivity contribution >= 4 is 119 Å². The number of carbonyl (C=O) groups excluding carboxylic acids is 4. The first-order chi connectivity index (χ1) is 12.1. The molecular weight excluding hydrogens is 726 g/mol. The smallest absolute Gasteiger partial charge is 0.303 e. The zero-order valence-corrected chi connectivity index (χ0v) is 21.1. The molecule has 0 bridgehead atoms. The van der Waals surface area contributed by atoms with Crippen LogP contribution >= 0.6 is 91.0 Å². The average Bonchev–Trinajstić information content (AvgIpc) is 2.49. The number of benzene rings is 1. The van der Waals surface area contributed by atoms with E-state index in [0.717, 1.165) is 0 Å². The van der Waals surface area contributed by atoms with E-state index in [4.69, 9.17) is 27.9 Å². The van der Waals surface area contributed by atoms with E-state index in [1.165, 1.54) is 11.8 Å². The van der Waals surface area contributed by atoms with Gasteiger partial charge in [-0.05, 0) is 104 Å². The first-order valence-corrected chi connectivity index (χ1v) is 11.2. The molecule has 6 nitrogen and oxygen atoms in total. The topological polar surface area (TPSA) is 80.8 Å². The van der Waals surface area contributed by atoms with E-state index < -0.39 is 28.5 Å². The fourth-order valence-electron chi connectivity index (χ4n) is 2.61. The minimum Gasteiger partial charge on any atom is -0.452 e. The SMILES string of the molecule is CC(=O)OC1CCCN(c2c(I)c(C(=O)Cl)c(I)c(C(=O)Cl)c2I)C1=O. The van der Waals surface area contributed by atoms with Crippen molar-refractivity contribution < 1.29 is 23.9 Å². The van der Waals surface area contributed by atoms with Crippen LogP contribution in [0.3, 0.4) is 0 Å². The number of hydrogen-bond donors (Lipinski definition) is 0. The van der Waals surface area contributed by atoms with Crippen molar-refractivity contribution in [1.29, 1.82) is 0 Å². The number of anilines is 1. The maximum Gasteiger partial charge on any atom is 0.303 e. The highest BCUT2D eigenvalue weighted by Gasteiger charge is 2.36. The van der Waals surface area contributed by atoms with E-state index in [-0.39, 0.29) is 11.1 Å². The summed E-state index contributed by atoms with van der Waals surface area (Å²) in [5.74, 6) is -0.963. The van der Waals surface area contributed by atoms with E-state index in [0.29, 0.717) is 35.8 Å². The van der Waals surface area contributed by atoms with Gasteiger partial charge in [-0.2, -0.15) is 0 Å². The van der Waals surface area contributed by atoms with Crippen LogP contribution in [-0.4, -0.2) is 35.0 Å². The highest BCUT2D eigenvalue weighted by molar-refractivity contribution is 14.1. The standard InChI is InChI=1S/C15H10Cl2I3NO5/c1-5(22)26-6-3-2-4-21(15(6)25)12-10(19)7(13(16)23)9(18)8(11(12)20)14(17)24/h6H,2-4H2,1H3. The molecule has 1 fully saturated rings. The number of nitrogens with zero attached hydrogens (tertiary/aromatic N) is 1.